The summed E-state index contributed by atoms with van der Waals surface area (Å²) in [5.74, 6) is 3.21. The van der Waals surface area contributed by atoms with Crippen LogP contribution in [-0.2, 0) is 11.2 Å². The highest BCUT2D eigenvalue weighted by Gasteiger charge is 2.39. The van der Waals surface area contributed by atoms with Crippen molar-refractivity contribution >= 4 is 17.0 Å². The molecule has 0 unspecified atom stereocenters. The molecule has 2 aliphatic rings. The maximum Gasteiger partial charge on any atom is 0.408 e. The van der Waals surface area contributed by atoms with Crippen LogP contribution >= 0.6 is 0 Å². The topological polar surface area (TPSA) is 57.4 Å². The van der Waals surface area contributed by atoms with Crippen LogP contribution in [0.4, 0.5) is 4.79 Å². The van der Waals surface area contributed by atoms with Crippen molar-refractivity contribution in [2.75, 3.05) is 26.7 Å². The lowest BCUT2D eigenvalue weighted by atomic mass is 9.72. The third-order valence-electron chi connectivity index (χ3n) is 5.63. The molecule has 1 aromatic heterocycles. The third-order valence-corrected chi connectivity index (χ3v) is 5.63. The molecular weight excluding hydrogens is 314 g/mol. The fourth-order valence-corrected chi connectivity index (χ4v) is 4.59. The van der Waals surface area contributed by atoms with Gasteiger partial charge in [0.25, 0.3) is 0 Å². The van der Waals surface area contributed by atoms with Crippen LogP contribution in [-0.4, -0.2) is 48.8 Å². The molecule has 0 spiro atoms. The third kappa shape index (κ3) is 2.87. The van der Waals surface area contributed by atoms with Crippen molar-refractivity contribution in [3.63, 3.8) is 0 Å². The molecule has 1 amide bonds. The number of terminal acetylenes is 1. The molecule has 1 aromatic carbocycles. The second-order valence-corrected chi connectivity index (χ2v) is 7.16. The number of benzene rings is 1. The molecule has 0 saturated carbocycles. The van der Waals surface area contributed by atoms with Gasteiger partial charge >= 0.3 is 6.09 Å². The van der Waals surface area contributed by atoms with Crippen LogP contribution in [0.15, 0.2) is 24.4 Å². The predicted octanol–water partition coefficient (Wildman–Crippen LogP) is 2.49. The summed E-state index contributed by atoms with van der Waals surface area (Å²) >= 11 is 0. The van der Waals surface area contributed by atoms with E-state index in [-0.39, 0.29) is 6.61 Å². The summed E-state index contributed by atoms with van der Waals surface area (Å²) in [5.41, 5.74) is 4.09. The minimum Gasteiger partial charge on any atom is -0.436 e. The van der Waals surface area contributed by atoms with Crippen LogP contribution in [0.25, 0.3) is 10.9 Å². The van der Waals surface area contributed by atoms with Gasteiger partial charge in [-0.1, -0.05) is 18.1 Å². The average Bonchev–Trinajstić information content (AvgIpc) is 3.03. The minimum atomic E-state index is -0.429. The molecule has 1 fully saturated rings. The zero-order valence-electron chi connectivity index (χ0n) is 14.4. The fraction of sp³-hybridized carbons (Fsp3) is 0.450. The van der Waals surface area contributed by atoms with Crippen molar-refractivity contribution in [3.05, 3.63) is 35.5 Å². The van der Waals surface area contributed by atoms with Gasteiger partial charge in [-0.2, -0.15) is 0 Å². The summed E-state index contributed by atoms with van der Waals surface area (Å²) in [5, 5.41) is 4.25. The van der Waals surface area contributed by atoms with Gasteiger partial charge in [0.05, 0.1) is 0 Å². The molecule has 25 heavy (non-hydrogen) atoms. The maximum atomic E-state index is 11.6. The lowest BCUT2D eigenvalue weighted by Crippen LogP contribution is -2.50. The summed E-state index contributed by atoms with van der Waals surface area (Å²) in [6, 6.07) is 7.08. The summed E-state index contributed by atoms with van der Waals surface area (Å²) in [7, 11) is 2.19. The van der Waals surface area contributed by atoms with Gasteiger partial charge in [-0.15, -0.1) is 6.42 Å². The summed E-state index contributed by atoms with van der Waals surface area (Å²) in [6.07, 6.45) is 9.00. The predicted molar refractivity (Wildman–Crippen MR) is 97.5 cm³/mol. The molecule has 3 atom stereocenters. The number of likely N-dealkylation sites (tertiary alicyclic amines) is 1. The van der Waals surface area contributed by atoms with E-state index < -0.39 is 6.09 Å². The van der Waals surface area contributed by atoms with Gasteiger partial charge in [0.2, 0.25) is 0 Å². The quantitative estimate of drug-likeness (QED) is 0.846. The van der Waals surface area contributed by atoms with E-state index in [0.717, 1.165) is 19.4 Å². The van der Waals surface area contributed by atoms with Crippen LogP contribution in [0.1, 0.15) is 23.5 Å². The Hall–Kier alpha value is -2.45. The smallest absolute Gasteiger partial charge is 0.408 e. The lowest BCUT2D eigenvalue weighted by Gasteiger charge is -2.45. The number of piperidine rings is 1. The number of carbonyl (C=O) groups is 1. The summed E-state index contributed by atoms with van der Waals surface area (Å²) < 4.78 is 4.89. The molecule has 5 nitrogen and oxygen atoms in total. The zero-order chi connectivity index (χ0) is 17.4. The average molecular weight is 337 g/mol. The summed E-state index contributed by atoms with van der Waals surface area (Å²) in [6.45, 7) is 1.61. The number of rotatable bonds is 3. The van der Waals surface area contributed by atoms with Gasteiger partial charge in [-0.3, -0.25) is 0 Å². The van der Waals surface area contributed by atoms with E-state index in [0.29, 0.717) is 24.4 Å². The molecule has 0 radical (unpaired) electrons. The van der Waals surface area contributed by atoms with Crippen LogP contribution in [0, 0.1) is 18.3 Å². The Morgan fingerprint density at radius 3 is 3.24 bits per heavy atom. The number of aromatic amines is 1. The maximum absolute atomic E-state index is 11.6. The highest BCUT2D eigenvalue weighted by atomic mass is 16.5. The number of carbonyl (C=O) groups excluding carboxylic acids is 1. The highest BCUT2D eigenvalue weighted by Crippen LogP contribution is 2.44. The number of H-pyrrole nitrogens is 1. The van der Waals surface area contributed by atoms with Gasteiger partial charge in [0.15, 0.2) is 6.61 Å². The molecule has 130 valence electrons. The van der Waals surface area contributed by atoms with Crippen molar-refractivity contribution in [3.8, 4) is 12.3 Å². The van der Waals surface area contributed by atoms with Crippen molar-refractivity contribution in [2.45, 2.75) is 24.8 Å². The van der Waals surface area contributed by atoms with Crippen LogP contribution in [0.2, 0.25) is 0 Å². The van der Waals surface area contributed by atoms with Gasteiger partial charge < -0.3 is 19.9 Å². The second-order valence-electron chi connectivity index (χ2n) is 7.16. The Balaban J connectivity index is 1.51. The largest absolute Gasteiger partial charge is 0.436 e. The number of likely N-dealkylation sites (N-methyl/N-ethyl adjacent to an activating group) is 1. The number of amides is 1. The molecular formula is C20H23N3O2. The molecule has 1 aliphatic carbocycles. The van der Waals surface area contributed by atoms with Gasteiger partial charge in [0.1, 0.15) is 0 Å². The normalized spacial score (nSPS) is 25.2. The number of hydrogen-bond acceptors (Lipinski definition) is 3. The first kappa shape index (κ1) is 16.0. The number of alkyl carbamates (subject to hydrolysis) is 1. The SMILES string of the molecule is C#CCOC(=O)NC[C@@H]1C[C@@H]2c3cccc4[nH]cc(c34)C[C@H]2N(C)C1. The number of nitrogens with zero attached hydrogens (tertiary/aromatic N) is 1. The van der Waals surface area contributed by atoms with Crippen LogP contribution in [0.3, 0.4) is 0 Å². The number of hydrogen-bond donors (Lipinski definition) is 2. The van der Waals surface area contributed by atoms with Crippen molar-refractivity contribution in [1.82, 2.24) is 15.2 Å². The number of ether oxygens (including phenoxy) is 1. The van der Waals surface area contributed by atoms with E-state index in [1.807, 2.05) is 0 Å². The van der Waals surface area contributed by atoms with Crippen molar-refractivity contribution < 1.29 is 9.53 Å². The van der Waals surface area contributed by atoms with Gasteiger partial charge in [-0.25, -0.2) is 4.79 Å². The Kier molecular flexibility index (Phi) is 4.14. The highest BCUT2D eigenvalue weighted by molar-refractivity contribution is 5.88. The first-order valence-corrected chi connectivity index (χ1v) is 8.80. The number of fused-ring (bicyclic) bond motifs is 2. The van der Waals surface area contributed by atoms with Gasteiger partial charge in [0, 0.05) is 42.1 Å². The molecule has 4 rings (SSSR count). The second kappa shape index (κ2) is 6.45. The van der Waals surface area contributed by atoms with E-state index in [1.54, 1.807) is 0 Å². The minimum absolute atomic E-state index is 0.0133. The molecule has 2 N–H and O–H groups in total. The molecule has 2 aromatic rings. The van der Waals surface area contributed by atoms with E-state index in [2.05, 4.69) is 52.6 Å². The van der Waals surface area contributed by atoms with E-state index in [1.165, 1.54) is 22.0 Å². The Morgan fingerprint density at radius 1 is 1.52 bits per heavy atom. The molecule has 1 aliphatic heterocycles. The van der Waals surface area contributed by atoms with Crippen molar-refractivity contribution in [2.24, 2.45) is 5.92 Å². The zero-order valence-corrected chi connectivity index (χ0v) is 14.4. The number of aromatic nitrogens is 1. The molecule has 0 bridgehead atoms. The molecule has 2 heterocycles. The Bertz CT molecular complexity index is 835. The van der Waals surface area contributed by atoms with E-state index >= 15 is 0 Å². The molecule has 5 heteroatoms. The monoisotopic (exact) mass is 337 g/mol. The Morgan fingerprint density at radius 2 is 2.40 bits per heavy atom. The van der Waals surface area contributed by atoms with Crippen LogP contribution in [0.5, 0.6) is 0 Å². The van der Waals surface area contributed by atoms with E-state index in [9.17, 15) is 4.79 Å². The van der Waals surface area contributed by atoms with Crippen molar-refractivity contribution in [1.29, 1.82) is 0 Å². The first-order chi connectivity index (χ1) is 12.2. The van der Waals surface area contributed by atoms with Crippen LogP contribution < -0.4 is 5.32 Å². The number of nitrogens with one attached hydrogen (secondary N) is 2. The van der Waals surface area contributed by atoms with Gasteiger partial charge in [-0.05, 0) is 43.0 Å². The first-order valence-electron chi connectivity index (χ1n) is 8.80. The molecule has 1 saturated heterocycles. The van der Waals surface area contributed by atoms with E-state index in [4.69, 9.17) is 11.2 Å². The standard InChI is InChI=1S/C20H23N3O2/c1-3-7-25-20(24)22-10-13-8-16-15-5-4-6-17-19(15)14(11-21-17)9-18(16)23(2)12-13/h1,4-6,11,13,16,18,21H,7-10,12H2,2H3,(H,22,24)/t13-,16+,18+/m0/s1. The Labute approximate surface area is 147 Å². The fourth-order valence-electron chi connectivity index (χ4n) is 4.59. The lowest BCUT2D eigenvalue weighted by molar-refractivity contribution is 0.107. The summed E-state index contributed by atoms with van der Waals surface area (Å²) in [4.78, 5) is 17.5.